The predicted octanol–water partition coefficient (Wildman–Crippen LogP) is 2.53. The van der Waals surface area contributed by atoms with Crippen LogP contribution < -0.4 is 10.6 Å². The second-order valence-corrected chi connectivity index (χ2v) is 10.2. The van der Waals surface area contributed by atoms with Crippen LogP contribution in [-0.4, -0.2) is 87.6 Å². The smallest absolute Gasteiger partial charge is 0.253 e. The number of ether oxygens (including phenoxy) is 2. The lowest BCUT2D eigenvalue weighted by atomic mass is 10.2. The van der Waals surface area contributed by atoms with E-state index in [4.69, 9.17) is 9.47 Å². The van der Waals surface area contributed by atoms with Crippen LogP contribution in [0, 0.1) is 0 Å². The molecule has 2 aliphatic rings. The third-order valence-corrected chi connectivity index (χ3v) is 8.10. The molecular weight excluding hydrogens is 472 g/mol. The SMILES string of the molecule is O=C(NCN1CCOCC1)c1ccccc1SSc1ccccc1C(=O)NCN1CCOCC1. The van der Waals surface area contributed by atoms with E-state index in [0.717, 1.165) is 36.0 Å². The van der Waals surface area contributed by atoms with Crippen molar-refractivity contribution >= 4 is 33.4 Å². The van der Waals surface area contributed by atoms with Gasteiger partial charge in [0, 0.05) is 36.0 Å². The molecule has 0 unspecified atom stereocenters. The number of hydrogen-bond donors (Lipinski definition) is 2. The molecule has 8 nitrogen and oxygen atoms in total. The fraction of sp³-hybridized carbons (Fsp3) is 0.417. The molecule has 0 radical (unpaired) electrons. The lowest BCUT2D eigenvalue weighted by molar-refractivity contribution is 0.0334. The molecule has 34 heavy (non-hydrogen) atoms. The summed E-state index contributed by atoms with van der Waals surface area (Å²) < 4.78 is 10.7. The van der Waals surface area contributed by atoms with E-state index in [1.54, 1.807) is 0 Å². The van der Waals surface area contributed by atoms with Gasteiger partial charge in [-0.1, -0.05) is 45.9 Å². The number of nitrogens with one attached hydrogen (secondary N) is 2. The van der Waals surface area contributed by atoms with Gasteiger partial charge in [0.2, 0.25) is 0 Å². The minimum atomic E-state index is -0.105. The predicted molar refractivity (Wildman–Crippen MR) is 134 cm³/mol. The van der Waals surface area contributed by atoms with Crippen LogP contribution in [0.25, 0.3) is 0 Å². The highest BCUT2D eigenvalue weighted by molar-refractivity contribution is 8.76. The Bertz CT molecular complexity index is 888. The number of carbonyl (C=O) groups excluding carboxylic acids is 2. The lowest BCUT2D eigenvalue weighted by Crippen LogP contribution is -2.43. The number of hydrogen-bond acceptors (Lipinski definition) is 8. The zero-order valence-corrected chi connectivity index (χ0v) is 20.7. The third-order valence-electron chi connectivity index (χ3n) is 5.62. The van der Waals surface area contributed by atoms with E-state index >= 15 is 0 Å². The van der Waals surface area contributed by atoms with Gasteiger partial charge in [0.15, 0.2) is 0 Å². The monoisotopic (exact) mass is 502 g/mol. The van der Waals surface area contributed by atoms with Crippen molar-refractivity contribution in [3.8, 4) is 0 Å². The van der Waals surface area contributed by atoms with Crippen LogP contribution in [0.3, 0.4) is 0 Å². The molecule has 2 fully saturated rings. The van der Waals surface area contributed by atoms with Crippen LogP contribution >= 0.6 is 21.6 Å². The standard InChI is InChI=1S/C24H30N4O4S2/c29-23(25-17-27-9-13-31-14-10-27)19-5-1-3-7-21(19)33-34-22-8-4-2-6-20(22)24(30)26-18-28-11-15-32-16-12-28/h1-8H,9-18H2,(H,25,29)(H,26,30). The van der Waals surface area contributed by atoms with Crippen LogP contribution in [0.4, 0.5) is 0 Å². The molecule has 182 valence electrons. The van der Waals surface area contributed by atoms with Crippen LogP contribution in [0.15, 0.2) is 58.3 Å². The molecule has 10 heteroatoms. The Labute approximate surface area is 208 Å². The van der Waals surface area contributed by atoms with E-state index in [2.05, 4.69) is 20.4 Å². The summed E-state index contributed by atoms with van der Waals surface area (Å²) in [5.74, 6) is -0.210. The Hall–Kier alpha value is -2.08. The molecule has 2 amide bonds. The summed E-state index contributed by atoms with van der Waals surface area (Å²) in [4.78, 5) is 31.8. The van der Waals surface area contributed by atoms with Crippen LogP contribution in [0.5, 0.6) is 0 Å². The highest BCUT2D eigenvalue weighted by Gasteiger charge is 2.18. The maximum atomic E-state index is 12.9. The van der Waals surface area contributed by atoms with Crippen molar-refractivity contribution in [3.63, 3.8) is 0 Å². The van der Waals surface area contributed by atoms with E-state index in [-0.39, 0.29) is 11.8 Å². The Morgan fingerprint density at radius 3 is 1.47 bits per heavy atom. The number of carbonyl (C=O) groups is 2. The highest BCUT2D eigenvalue weighted by atomic mass is 33.1. The summed E-state index contributed by atoms with van der Waals surface area (Å²) >= 11 is 0. The first-order chi connectivity index (χ1) is 16.7. The number of nitrogens with zero attached hydrogens (tertiary/aromatic N) is 2. The topological polar surface area (TPSA) is 83.1 Å². The number of benzene rings is 2. The Morgan fingerprint density at radius 2 is 1.06 bits per heavy atom. The van der Waals surface area contributed by atoms with Crippen molar-refractivity contribution < 1.29 is 19.1 Å². The van der Waals surface area contributed by atoms with E-state index in [9.17, 15) is 9.59 Å². The summed E-state index contributed by atoms with van der Waals surface area (Å²) in [6.45, 7) is 7.04. The summed E-state index contributed by atoms with van der Waals surface area (Å²) in [5, 5.41) is 6.03. The minimum Gasteiger partial charge on any atom is -0.379 e. The summed E-state index contributed by atoms with van der Waals surface area (Å²) in [6.07, 6.45) is 0. The van der Waals surface area contributed by atoms with E-state index in [1.807, 2.05) is 48.5 Å². The molecule has 2 aromatic rings. The lowest BCUT2D eigenvalue weighted by Gasteiger charge is -2.26. The van der Waals surface area contributed by atoms with Gasteiger partial charge in [0.25, 0.3) is 11.8 Å². The molecule has 0 atom stereocenters. The Balaban J connectivity index is 1.35. The first-order valence-electron chi connectivity index (χ1n) is 11.4. The van der Waals surface area contributed by atoms with Gasteiger partial charge in [0.05, 0.1) is 50.9 Å². The molecule has 0 aromatic heterocycles. The minimum absolute atomic E-state index is 0.105. The van der Waals surface area contributed by atoms with Crippen molar-refractivity contribution in [2.45, 2.75) is 9.79 Å². The van der Waals surface area contributed by atoms with Crippen molar-refractivity contribution in [3.05, 3.63) is 59.7 Å². The molecule has 0 aliphatic carbocycles. The average Bonchev–Trinajstić information content (AvgIpc) is 2.90. The molecule has 2 saturated heterocycles. The molecule has 4 rings (SSSR count). The summed E-state index contributed by atoms with van der Waals surface area (Å²) in [6, 6.07) is 15.1. The summed E-state index contributed by atoms with van der Waals surface area (Å²) in [7, 11) is 2.97. The van der Waals surface area contributed by atoms with E-state index in [1.165, 1.54) is 21.6 Å². The van der Waals surface area contributed by atoms with E-state index in [0.29, 0.717) is 50.9 Å². The highest BCUT2D eigenvalue weighted by Crippen LogP contribution is 2.40. The van der Waals surface area contributed by atoms with Crippen LogP contribution in [0.2, 0.25) is 0 Å². The van der Waals surface area contributed by atoms with Gasteiger partial charge < -0.3 is 20.1 Å². The van der Waals surface area contributed by atoms with Gasteiger partial charge in [0.1, 0.15) is 0 Å². The zero-order chi connectivity index (χ0) is 23.6. The Kier molecular flexibility index (Phi) is 9.66. The van der Waals surface area contributed by atoms with Crippen LogP contribution in [0.1, 0.15) is 20.7 Å². The summed E-state index contributed by atoms with van der Waals surface area (Å²) in [5.41, 5.74) is 1.25. The second kappa shape index (κ2) is 13.1. The van der Waals surface area contributed by atoms with Crippen molar-refractivity contribution in [2.75, 3.05) is 65.9 Å². The molecular formula is C24H30N4O4S2. The van der Waals surface area contributed by atoms with Crippen LogP contribution in [-0.2, 0) is 9.47 Å². The molecule has 0 saturated carbocycles. The number of morpholine rings is 2. The van der Waals surface area contributed by atoms with Gasteiger partial charge in [-0.3, -0.25) is 19.4 Å². The molecule has 2 aromatic carbocycles. The largest absolute Gasteiger partial charge is 0.379 e. The van der Waals surface area contributed by atoms with Crippen molar-refractivity contribution in [1.82, 2.24) is 20.4 Å². The van der Waals surface area contributed by atoms with Crippen molar-refractivity contribution in [2.24, 2.45) is 0 Å². The van der Waals surface area contributed by atoms with Gasteiger partial charge >= 0.3 is 0 Å². The van der Waals surface area contributed by atoms with Gasteiger partial charge in [-0.2, -0.15) is 0 Å². The first kappa shape index (κ1) is 25.0. The fourth-order valence-corrected chi connectivity index (χ4v) is 5.98. The fourth-order valence-electron chi connectivity index (χ4n) is 3.62. The second-order valence-electron chi connectivity index (χ2n) is 7.95. The van der Waals surface area contributed by atoms with Crippen molar-refractivity contribution in [1.29, 1.82) is 0 Å². The molecule has 2 aliphatic heterocycles. The first-order valence-corrected chi connectivity index (χ1v) is 13.5. The quantitative estimate of drug-likeness (QED) is 0.507. The van der Waals surface area contributed by atoms with Gasteiger partial charge in [-0.25, -0.2) is 0 Å². The molecule has 2 N–H and O–H groups in total. The van der Waals surface area contributed by atoms with Gasteiger partial charge in [-0.15, -0.1) is 0 Å². The molecule has 0 spiro atoms. The van der Waals surface area contributed by atoms with Gasteiger partial charge in [-0.05, 0) is 24.3 Å². The normalized spacial score (nSPS) is 17.3. The third kappa shape index (κ3) is 7.21. The average molecular weight is 503 g/mol. The maximum absolute atomic E-state index is 12.9. The molecule has 0 bridgehead atoms. The maximum Gasteiger partial charge on any atom is 0.253 e. The number of rotatable bonds is 9. The molecule has 2 heterocycles. The zero-order valence-electron chi connectivity index (χ0n) is 19.0. The number of amides is 2. The Morgan fingerprint density at radius 1 is 0.676 bits per heavy atom. The van der Waals surface area contributed by atoms with E-state index < -0.39 is 0 Å².